The summed E-state index contributed by atoms with van der Waals surface area (Å²) in [5.74, 6) is -1.40. The molecule has 30 heavy (non-hydrogen) atoms. The summed E-state index contributed by atoms with van der Waals surface area (Å²) < 4.78 is 67.0. The molecule has 2 aromatic heterocycles. The molecule has 11 heteroatoms. The van der Waals surface area contributed by atoms with Gasteiger partial charge in [0.2, 0.25) is 0 Å². The van der Waals surface area contributed by atoms with E-state index in [2.05, 4.69) is 26.9 Å². The molecular weight excluding hydrogens is 407 g/mol. The first-order valence-corrected chi connectivity index (χ1v) is 8.47. The van der Waals surface area contributed by atoms with Crippen molar-refractivity contribution >= 4 is 12.4 Å². The number of rotatable bonds is 6. The Labute approximate surface area is 167 Å². The molecule has 2 heterocycles. The molecule has 0 saturated carbocycles. The van der Waals surface area contributed by atoms with E-state index in [0.29, 0.717) is 0 Å². The highest BCUT2D eigenvalue weighted by Gasteiger charge is 2.38. The van der Waals surface area contributed by atoms with Crippen LogP contribution >= 0.6 is 0 Å². The van der Waals surface area contributed by atoms with Crippen LogP contribution < -0.4 is 0 Å². The molecule has 0 aliphatic heterocycles. The van der Waals surface area contributed by atoms with E-state index < -0.39 is 29.2 Å². The van der Waals surface area contributed by atoms with Gasteiger partial charge >= 0.3 is 6.18 Å². The molecule has 6 nitrogen and oxygen atoms in total. The minimum Gasteiger partial charge on any atom is -0.374 e. The van der Waals surface area contributed by atoms with Crippen molar-refractivity contribution in [1.29, 1.82) is 0 Å². The van der Waals surface area contributed by atoms with E-state index in [1.54, 1.807) is 7.05 Å². The minimum atomic E-state index is -4.69. The number of aromatic nitrogens is 4. The predicted molar refractivity (Wildman–Crippen MR) is 100.0 cm³/mol. The van der Waals surface area contributed by atoms with E-state index in [1.165, 1.54) is 35.5 Å². The Balaban J connectivity index is 1.92. The van der Waals surface area contributed by atoms with Crippen LogP contribution in [0, 0.1) is 11.6 Å². The molecule has 0 aliphatic rings. The quantitative estimate of drug-likeness (QED) is 0.475. The van der Waals surface area contributed by atoms with Gasteiger partial charge in [-0.15, -0.1) is 0 Å². The number of nitrogens with one attached hydrogen (secondary N) is 1. The second-order valence-electron chi connectivity index (χ2n) is 6.24. The summed E-state index contributed by atoms with van der Waals surface area (Å²) in [6.45, 7) is 3.32. The van der Waals surface area contributed by atoms with Gasteiger partial charge in [-0.1, -0.05) is 6.07 Å². The Bertz CT molecular complexity index is 1070. The zero-order valence-electron chi connectivity index (χ0n) is 15.6. The zero-order chi connectivity index (χ0) is 21.9. The molecule has 0 fully saturated rings. The number of aromatic amines is 1. The maximum atomic E-state index is 13.9. The normalized spacial score (nSPS) is 12.1. The lowest BCUT2D eigenvalue weighted by Crippen LogP contribution is -2.13. The van der Waals surface area contributed by atoms with Crippen LogP contribution in [0.25, 0.3) is 17.0 Å². The molecule has 0 amide bonds. The van der Waals surface area contributed by atoms with Gasteiger partial charge < -0.3 is 4.90 Å². The molecule has 0 bridgehead atoms. The highest BCUT2D eigenvalue weighted by atomic mass is 19.4. The average Bonchev–Trinajstić information content (AvgIpc) is 3.20. The summed E-state index contributed by atoms with van der Waals surface area (Å²) in [4.78, 5) is 9.38. The molecule has 0 atom stereocenters. The number of benzene rings is 1. The van der Waals surface area contributed by atoms with Crippen LogP contribution in [0.15, 0.2) is 47.7 Å². The summed E-state index contributed by atoms with van der Waals surface area (Å²) in [6, 6.07) is 6.23. The number of nitrogens with zero attached hydrogens (tertiary/aromatic N) is 5. The Morgan fingerprint density at radius 3 is 2.53 bits per heavy atom. The van der Waals surface area contributed by atoms with Gasteiger partial charge in [0, 0.05) is 37.1 Å². The Hall–Kier alpha value is -3.63. The molecule has 3 aromatic rings. The third kappa shape index (κ3) is 4.50. The maximum absolute atomic E-state index is 13.9. The van der Waals surface area contributed by atoms with E-state index in [0.717, 1.165) is 12.1 Å². The molecule has 1 N–H and O–H groups in total. The lowest BCUT2D eigenvalue weighted by molar-refractivity contribution is -0.140. The second kappa shape index (κ2) is 8.39. The van der Waals surface area contributed by atoms with Gasteiger partial charge in [0.15, 0.2) is 5.69 Å². The largest absolute Gasteiger partial charge is 0.437 e. The maximum Gasteiger partial charge on any atom is 0.437 e. The average molecular weight is 422 g/mol. The number of halogens is 5. The van der Waals surface area contributed by atoms with Crippen molar-refractivity contribution in [2.45, 2.75) is 12.7 Å². The molecule has 1 aromatic carbocycles. The molecule has 0 saturated heterocycles. The number of hydrogen-bond donors (Lipinski definition) is 1. The van der Waals surface area contributed by atoms with Crippen LogP contribution in [0.1, 0.15) is 17.0 Å². The Morgan fingerprint density at radius 1 is 1.20 bits per heavy atom. The summed E-state index contributed by atoms with van der Waals surface area (Å²) in [7, 11) is 1.56. The fourth-order valence-corrected chi connectivity index (χ4v) is 2.72. The third-order valence-corrected chi connectivity index (χ3v) is 4.09. The molecule has 0 radical (unpaired) electrons. The first-order chi connectivity index (χ1) is 14.2. The first kappa shape index (κ1) is 21.1. The summed E-state index contributed by atoms with van der Waals surface area (Å²) in [6.07, 6.45) is -1.97. The summed E-state index contributed by atoms with van der Waals surface area (Å²) in [5, 5.41) is 8.70. The van der Waals surface area contributed by atoms with Crippen molar-refractivity contribution in [2.75, 3.05) is 7.05 Å². The number of H-pyrrole nitrogens is 1. The molecule has 0 spiro atoms. The summed E-state index contributed by atoms with van der Waals surface area (Å²) in [5.41, 5.74) is -1.20. The highest BCUT2D eigenvalue weighted by Crippen LogP contribution is 2.34. The van der Waals surface area contributed by atoms with Gasteiger partial charge in [0.25, 0.3) is 0 Å². The van der Waals surface area contributed by atoms with Gasteiger partial charge in [-0.3, -0.25) is 9.98 Å². The van der Waals surface area contributed by atoms with Crippen molar-refractivity contribution in [3.63, 3.8) is 0 Å². The smallest absolute Gasteiger partial charge is 0.374 e. The van der Waals surface area contributed by atoms with Gasteiger partial charge in [-0.25, -0.2) is 8.78 Å². The highest BCUT2D eigenvalue weighted by molar-refractivity contribution is 5.70. The van der Waals surface area contributed by atoms with Crippen LogP contribution in [-0.2, 0) is 12.7 Å². The fraction of sp³-hybridized carbons (Fsp3) is 0.158. The SMILES string of the molecule is C=N/C(=C\N(C)Cc1c(F)cccc1F)c1cc(-c2n[nH]nc2C(F)(F)F)ccn1. The topological polar surface area (TPSA) is 70.1 Å². The predicted octanol–water partition coefficient (Wildman–Crippen LogP) is 4.29. The Kier molecular flexibility index (Phi) is 5.90. The van der Waals surface area contributed by atoms with Crippen LogP contribution in [0.3, 0.4) is 0 Å². The third-order valence-electron chi connectivity index (χ3n) is 4.09. The van der Waals surface area contributed by atoms with Gasteiger partial charge in [-0.2, -0.15) is 28.6 Å². The molecule has 3 rings (SSSR count). The van der Waals surface area contributed by atoms with Crippen molar-refractivity contribution in [3.8, 4) is 11.3 Å². The number of alkyl halides is 3. The zero-order valence-corrected chi connectivity index (χ0v) is 15.6. The van der Waals surface area contributed by atoms with E-state index in [1.807, 2.05) is 5.21 Å². The molecule has 0 aliphatic carbocycles. The lowest BCUT2D eigenvalue weighted by Gasteiger charge is -2.16. The van der Waals surface area contributed by atoms with E-state index in [9.17, 15) is 22.0 Å². The molecular formula is C19H15F5N6. The second-order valence-corrected chi connectivity index (χ2v) is 6.24. The number of hydrogen-bond acceptors (Lipinski definition) is 5. The van der Waals surface area contributed by atoms with Crippen molar-refractivity contribution in [1.82, 2.24) is 25.3 Å². The standard InChI is InChI=1S/C19H15F5N6/c1-25-16(10-30(2)9-12-13(20)4-3-5-14(12)21)15-8-11(6-7-26-15)17-18(19(22,23)24)28-29-27-17/h3-8,10H,1,9H2,2H3,(H,27,28,29)/b16-10-. The van der Waals surface area contributed by atoms with Crippen molar-refractivity contribution in [3.05, 3.63) is 71.3 Å². The Morgan fingerprint density at radius 2 is 1.90 bits per heavy atom. The first-order valence-electron chi connectivity index (χ1n) is 8.47. The number of pyridine rings is 1. The van der Waals surface area contributed by atoms with Gasteiger partial charge in [-0.05, 0) is 31.0 Å². The minimum absolute atomic E-state index is 0.110. The van der Waals surface area contributed by atoms with Crippen LogP contribution in [0.2, 0.25) is 0 Å². The van der Waals surface area contributed by atoms with Crippen LogP contribution in [-0.4, -0.2) is 39.1 Å². The monoisotopic (exact) mass is 422 g/mol. The fourth-order valence-electron chi connectivity index (χ4n) is 2.72. The van der Waals surface area contributed by atoms with E-state index in [-0.39, 0.29) is 29.1 Å². The van der Waals surface area contributed by atoms with Crippen molar-refractivity contribution in [2.24, 2.45) is 4.99 Å². The molecule has 0 unspecified atom stereocenters. The molecule has 156 valence electrons. The lowest BCUT2D eigenvalue weighted by atomic mass is 10.1. The van der Waals surface area contributed by atoms with E-state index >= 15 is 0 Å². The van der Waals surface area contributed by atoms with Crippen LogP contribution in [0.5, 0.6) is 0 Å². The van der Waals surface area contributed by atoms with Crippen molar-refractivity contribution < 1.29 is 22.0 Å². The van der Waals surface area contributed by atoms with E-state index in [4.69, 9.17) is 0 Å². The van der Waals surface area contributed by atoms with Gasteiger partial charge in [0.1, 0.15) is 23.0 Å². The number of aliphatic imine (C=N–C) groups is 1. The van der Waals surface area contributed by atoms with Gasteiger partial charge in [0.05, 0.1) is 5.69 Å². The summed E-state index contributed by atoms with van der Waals surface area (Å²) >= 11 is 0. The van der Waals surface area contributed by atoms with Crippen LogP contribution in [0.4, 0.5) is 22.0 Å².